The molecule has 0 unspecified atom stereocenters. The van der Waals surface area contributed by atoms with Gasteiger partial charge in [-0.05, 0) is 0 Å². The van der Waals surface area contributed by atoms with E-state index in [2.05, 4.69) is 19.8 Å². The first-order valence-corrected chi connectivity index (χ1v) is 3.51. The van der Waals surface area contributed by atoms with Gasteiger partial charge in [0.15, 0.2) is 5.82 Å². The highest BCUT2D eigenvalue weighted by molar-refractivity contribution is 5.70. The summed E-state index contributed by atoms with van der Waals surface area (Å²) >= 11 is 0. The fourth-order valence-corrected chi connectivity index (χ4v) is 1.34. The monoisotopic (exact) mass is 150 g/mol. The van der Waals surface area contributed by atoms with Crippen LogP contribution in [0.5, 0.6) is 0 Å². The molecule has 1 aromatic rings. The fourth-order valence-electron chi connectivity index (χ4n) is 1.34. The molecule has 0 aromatic carbocycles. The van der Waals surface area contributed by atoms with Crippen LogP contribution in [0.1, 0.15) is 0 Å². The first-order chi connectivity index (χ1) is 5.29. The highest BCUT2D eigenvalue weighted by atomic mass is 15.4. The molecule has 0 saturated heterocycles. The van der Waals surface area contributed by atoms with E-state index in [1.165, 1.54) is 0 Å². The van der Waals surface area contributed by atoms with Crippen LogP contribution in [0.25, 0.3) is 0 Å². The van der Waals surface area contributed by atoms with E-state index < -0.39 is 0 Å². The van der Waals surface area contributed by atoms with Crippen LogP contribution in [0.4, 0.5) is 11.5 Å². The van der Waals surface area contributed by atoms with Gasteiger partial charge in [-0.15, -0.1) is 0 Å². The summed E-state index contributed by atoms with van der Waals surface area (Å²) in [5.74, 6) is 1.02. The molecule has 1 aliphatic heterocycles. The van der Waals surface area contributed by atoms with Gasteiger partial charge in [-0.2, -0.15) is 0 Å². The third-order valence-corrected chi connectivity index (χ3v) is 1.87. The Balaban J connectivity index is 2.52. The Kier molecular flexibility index (Phi) is 1.21. The fraction of sp³-hybridized carbons (Fsp3) is 0.429. The van der Waals surface area contributed by atoms with E-state index in [0.717, 1.165) is 18.2 Å². The van der Waals surface area contributed by atoms with E-state index in [1.807, 2.05) is 20.3 Å². The molecule has 58 valence electrons. The number of hydrogen-bond acceptors (Lipinski definition) is 4. The van der Waals surface area contributed by atoms with Gasteiger partial charge in [-0.25, -0.2) is 9.97 Å². The number of fused-ring (bicyclic) bond motifs is 1. The molecule has 4 heteroatoms. The van der Waals surface area contributed by atoms with Crippen LogP contribution in [-0.2, 0) is 0 Å². The second-order valence-electron chi connectivity index (χ2n) is 2.77. The molecule has 0 saturated carbocycles. The van der Waals surface area contributed by atoms with Crippen LogP contribution in [0.2, 0.25) is 0 Å². The van der Waals surface area contributed by atoms with E-state index >= 15 is 0 Å². The van der Waals surface area contributed by atoms with Crippen LogP contribution < -0.4 is 9.80 Å². The minimum absolute atomic E-state index is 0.897. The minimum Gasteiger partial charge on any atom is -0.353 e. The Hall–Kier alpha value is -1.32. The minimum atomic E-state index is 0.897. The smallest absolute Gasteiger partial charge is 0.156 e. The van der Waals surface area contributed by atoms with Crippen LogP contribution >= 0.6 is 0 Å². The number of nitrogens with zero attached hydrogens (tertiary/aromatic N) is 4. The third kappa shape index (κ3) is 0.824. The average molecular weight is 150 g/mol. The largest absolute Gasteiger partial charge is 0.353 e. The lowest BCUT2D eigenvalue weighted by molar-refractivity contribution is 0.908. The van der Waals surface area contributed by atoms with Crippen molar-refractivity contribution >= 4 is 11.5 Å². The molecule has 2 rings (SSSR count). The number of rotatable bonds is 0. The van der Waals surface area contributed by atoms with Gasteiger partial charge in [-0.3, -0.25) is 0 Å². The van der Waals surface area contributed by atoms with Crippen molar-refractivity contribution in [3.8, 4) is 0 Å². The molecule has 1 aliphatic rings. The summed E-state index contributed by atoms with van der Waals surface area (Å²) in [7, 11) is 4.06. The Morgan fingerprint density at radius 2 is 2.18 bits per heavy atom. The summed E-state index contributed by atoms with van der Waals surface area (Å²) in [5.41, 5.74) is 1.11. The zero-order valence-corrected chi connectivity index (χ0v) is 6.65. The van der Waals surface area contributed by atoms with E-state index in [1.54, 1.807) is 6.33 Å². The number of aromatic nitrogens is 2. The molecule has 0 atom stereocenters. The van der Waals surface area contributed by atoms with Crippen molar-refractivity contribution in [1.29, 1.82) is 0 Å². The molecular formula is C7H10N4. The number of hydrogen-bond donors (Lipinski definition) is 0. The van der Waals surface area contributed by atoms with Gasteiger partial charge in [0.05, 0.1) is 18.6 Å². The van der Waals surface area contributed by atoms with Crippen LogP contribution in [0, 0.1) is 0 Å². The molecular weight excluding hydrogens is 140 g/mol. The standard InChI is InChI=1S/C7H10N4/c1-10-5-11(2)7-6(10)3-8-4-9-7/h3-4H,5H2,1-2H3. The van der Waals surface area contributed by atoms with Crippen molar-refractivity contribution in [2.75, 3.05) is 30.6 Å². The zero-order chi connectivity index (χ0) is 7.84. The predicted molar refractivity (Wildman–Crippen MR) is 43.7 cm³/mol. The maximum atomic E-state index is 4.16. The lowest BCUT2D eigenvalue weighted by atomic mass is 10.5. The van der Waals surface area contributed by atoms with E-state index in [-0.39, 0.29) is 0 Å². The highest BCUT2D eigenvalue weighted by Gasteiger charge is 2.20. The Labute approximate surface area is 65.5 Å². The summed E-state index contributed by atoms with van der Waals surface area (Å²) in [6.45, 7) is 0.897. The van der Waals surface area contributed by atoms with Crippen LogP contribution in [0.15, 0.2) is 12.5 Å². The van der Waals surface area contributed by atoms with Crippen LogP contribution in [-0.4, -0.2) is 30.7 Å². The summed E-state index contributed by atoms with van der Waals surface area (Å²) in [6, 6.07) is 0. The van der Waals surface area contributed by atoms with E-state index in [9.17, 15) is 0 Å². The van der Waals surface area contributed by atoms with Gasteiger partial charge in [0, 0.05) is 14.1 Å². The Bertz CT molecular complexity index is 246. The van der Waals surface area contributed by atoms with Crippen molar-refractivity contribution < 1.29 is 0 Å². The second kappa shape index (κ2) is 2.08. The molecule has 1 aromatic heterocycles. The quantitative estimate of drug-likeness (QED) is 0.533. The lowest BCUT2D eigenvalue weighted by Gasteiger charge is -2.10. The first kappa shape index (κ1) is 6.39. The van der Waals surface area contributed by atoms with Crippen molar-refractivity contribution in [1.82, 2.24) is 9.97 Å². The van der Waals surface area contributed by atoms with Crippen molar-refractivity contribution in [3.05, 3.63) is 12.5 Å². The summed E-state index contributed by atoms with van der Waals surface area (Å²) in [5, 5.41) is 0. The molecule has 4 nitrogen and oxygen atoms in total. The molecule has 0 fully saturated rings. The van der Waals surface area contributed by atoms with Gasteiger partial charge < -0.3 is 9.80 Å². The Morgan fingerprint density at radius 1 is 1.36 bits per heavy atom. The van der Waals surface area contributed by atoms with Crippen molar-refractivity contribution in [3.63, 3.8) is 0 Å². The molecule has 0 bridgehead atoms. The molecule has 11 heavy (non-hydrogen) atoms. The topological polar surface area (TPSA) is 32.3 Å². The SMILES string of the molecule is CN1CN(C)c2ncncc21. The highest BCUT2D eigenvalue weighted by Crippen LogP contribution is 2.29. The molecule has 0 spiro atoms. The van der Waals surface area contributed by atoms with E-state index in [0.29, 0.717) is 0 Å². The van der Waals surface area contributed by atoms with Gasteiger partial charge in [0.25, 0.3) is 0 Å². The predicted octanol–water partition coefficient (Wildman–Crippen LogP) is 0.320. The van der Waals surface area contributed by atoms with Gasteiger partial charge >= 0.3 is 0 Å². The second-order valence-corrected chi connectivity index (χ2v) is 2.77. The van der Waals surface area contributed by atoms with E-state index in [4.69, 9.17) is 0 Å². The maximum Gasteiger partial charge on any atom is 0.156 e. The van der Waals surface area contributed by atoms with Crippen molar-refractivity contribution in [2.45, 2.75) is 0 Å². The summed E-state index contributed by atoms with van der Waals surface area (Å²) in [6.07, 6.45) is 3.42. The first-order valence-electron chi connectivity index (χ1n) is 3.51. The molecule has 0 N–H and O–H groups in total. The summed E-state index contributed by atoms with van der Waals surface area (Å²) < 4.78 is 0. The summed E-state index contributed by atoms with van der Waals surface area (Å²) in [4.78, 5) is 12.3. The molecule has 2 heterocycles. The Morgan fingerprint density at radius 3 is 2.91 bits per heavy atom. The van der Waals surface area contributed by atoms with Crippen molar-refractivity contribution in [2.24, 2.45) is 0 Å². The lowest BCUT2D eigenvalue weighted by Crippen LogP contribution is -2.24. The van der Waals surface area contributed by atoms with Gasteiger partial charge in [0.1, 0.15) is 6.33 Å². The third-order valence-electron chi connectivity index (χ3n) is 1.87. The zero-order valence-electron chi connectivity index (χ0n) is 6.65. The molecule has 0 amide bonds. The van der Waals surface area contributed by atoms with Gasteiger partial charge in [0.2, 0.25) is 0 Å². The average Bonchev–Trinajstić information content (AvgIpc) is 2.30. The normalized spacial score (nSPS) is 15.5. The molecule has 0 aliphatic carbocycles. The maximum absolute atomic E-state index is 4.16. The van der Waals surface area contributed by atoms with Crippen LogP contribution in [0.3, 0.4) is 0 Å². The molecule has 0 radical (unpaired) electrons. The van der Waals surface area contributed by atoms with Gasteiger partial charge in [-0.1, -0.05) is 0 Å². The number of anilines is 2.